The number of benzene rings is 1. The molecule has 0 aromatic heterocycles. The van der Waals surface area contributed by atoms with Gasteiger partial charge in [0.25, 0.3) is 0 Å². The highest BCUT2D eigenvalue weighted by Gasteiger charge is 2.56. The Labute approximate surface area is 144 Å². The number of aryl methyl sites for hydroxylation is 1. The summed E-state index contributed by atoms with van der Waals surface area (Å²) in [5.74, 6) is 2.32. The van der Waals surface area contributed by atoms with Crippen molar-refractivity contribution in [3.63, 3.8) is 0 Å². The first-order valence-corrected chi connectivity index (χ1v) is 9.54. The molecule has 0 radical (unpaired) electrons. The second-order valence-corrected chi connectivity index (χ2v) is 8.25. The maximum atomic E-state index is 11.8. The molecule has 0 amide bonds. The van der Waals surface area contributed by atoms with E-state index < -0.39 is 0 Å². The molecule has 4 unspecified atom stereocenters. The molecule has 0 spiro atoms. The molecule has 130 valence electrons. The van der Waals surface area contributed by atoms with Gasteiger partial charge in [0, 0.05) is 11.8 Å². The third-order valence-corrected chi connectivity index (χ3v) is 7.19. The summed E-state index contributed by atoms with van der Waals surface area (Å²) >= 11 is 0. The van der Waals surface area contributed by atoms with E-state index in [1.54, 1.807) is 0 Å². The van der Waals surface area contributed by atoms with Crippen LogP contribution in [-0.2, 0) is 16.0 Å². The number of phenols is 1. The zero-order valence-corrected chi connectivity index (χ0v) is 14.8. The molecular weight excluding hydrogens is 300 g/mol. The summed E-state index contributed by atoms with van der Waals surface area (Å²) in [6.45, 7) is 4.24. The van der Waals surface area contributed by atoms with Crippen LogP contribution in [0.4, 0.5) is 0 Å². The number of esters is 1. The van der Waals surface area contributed by atoms with E-state index in [-0.39, 0.29) is 17.5 Å². The minimum Gasteiger partial charge on any atom is -0.508 e. The van der Waals surface area contributed by atoms with E-state index in [4.69, 9.17) is 4.74 Å². The van der Waals surface area contributed by atoms with Crippen molar-refractivity contribution in [1.29, 1.82) is 0 Å². The molecule has 0 aliphatic heterocycles. The van der Waals surface area contributed by atoms with Gasteiger partial charge in [-0.05, 0) is 79.5 Å². The number of carbonyl (C=O) groups is 1. The predicted molar refractivity (Wildman–Crippen MR) is 92.9 cm³/mol. The van der Waals surface area contributed by atoms with E-state index >= 15 is 0 Å². The quantitative estimate of drug-likeness (QED) is 0.809. The zero-order valence-electron chi connectivity index (χ0n) is 14.8. The monoisotopic (exact) mass is 328 g/mol. The van der Waals surface area contributed by atoms with Crippen molar-refractivity contribution in [2.75, 3.05) is 0 Å². The summed E-state index contributed by atoms with van der Waals surface area (Å²) in [6.07, 6.45) is 7.38. The van der Waals surface area contributed by atoms with Crippen molar-refractivity contribution in [2.45, 2.75) is 70.8 Å². The molecule has 2 saturated carbocycles. The first-order chi connectivity index (χ1) is 11.5. The SMILES string of the molecule is CCC(=O)OC1CCC2C3CCc4cc(O)ccc4C3CC[C@]12C. The van der Waals surface area contributed by atoms with Crippen LogP contribution in [0.5, 0.6) is 5.75 Å². The summed E-state index contributed by atoms with van der Waals surface area (Å²) in [4.78, 5) is 11.8. The van der Waals surface area contributed by atoms with Crippen LogP contribution in [0.15, 0.2) is 18.2 Å². The van der Waals surface area contributed by atoms with Gasteiger partial charge in [0.15, 0.2) is 0 Å². The molecule has 3 aliphatic rings. The molecule has 3 nitrogen and oxygen atoms in total. The van der Waals surface area contributed by atoms with E-state index in [1.165, 1.54) is 30.4 Å². The van der Waals surface area contributed by atoms with Crippen LogP contribution < -0.4 is 0 Å². The van der Waals surface area contributed by atoms with Gasteiger partial charge in [0.05, 0.1) is 0 Å². The van der Waals surface area contributed by atoms with Gasteiger partial charge < -0.3 is 9.84 Å². The van der Waals surface area contributed by atoms with Crippen LogP contribution in [0, 0.1) is 17.3 Å². The molecule has 4 rings (SSSR count). The number of rotatable bonds is 2. The van der Waals surface area contributed by atoms with Crippen LogP contribution in [0.25, 0.3) is 0 Å². The number of phenolic OH excluding ortho intramolecular Hbond substituents is 1. The smallest absolute Gasteiger partial charge is 0.305 e. The van der Waals surface area contributed by atoms with Crippen molar-refractivity contribution >= 4 is 5.97 Å². The highest BCUT2D eigenvalue weighted by atomic mass is 16.5. The highest BCUT2D eigenvalue weighted by Crippen LogP contribution is 2.61. The average molecular weight is 328 g/mol. The second-order valence-electron chi connectivity index (χ2n) is 8.25. The molecule has 2 fully saturated rings. The summed E-state index contributed by atoms with van der Waals surface area (Å²) < 4.78 is 5.83. The van der Waals surface area contributed by atoms with Crippen molar-refractivity contribution in [3.05, 3.63) is 29.3 Å². The number of carbonyl (C=O) groups excluding carboxylic acids is 1. The Balaban J connectivity index is 1.60. The second kappa shape index (κ2) is 5.79. The lowest BCUT2D eigenvalue weighted by Crippen LogP contribution is -2.45. The van der Waals surface area contributed by atoms with Gasteiger partial charge in [0.1, 0.15) is 11.9 Å². The van der Waals surface area contributed by atoms with Crippen molar-refractivity contribution in [1.82, 2.24) is 0 Å². The van der Waals surface area contributed by atoms with E-state index in [1.807, 2.05) is 19.1 Å². The summed E-state index contributed by atoms with van der Waals surface area (Å²) in [5, 5.41) is 9.77. The summed E-state index contributed by atoms with van der Waals surface area (Å²) in [7, 11) is 0. The molecule has 1 N–H and O–H groups in total. The predicted octanol–water partition coefficient (Wildman–Crippen LogP) is 4.57. The van der Waals surface area contributed by atoms with E-state index in [2.05, 4.69) is 13.0 Å². The van der Waals surface area contributed by atoms with Crippen molar-refractivity contribution < 1.29 is 14.6 Å². The lowest BCUT2D eigenvalue weighted by molar-refractivity contribution is -0.157. The molecule has 0 bridgehead atoms. The molecule has 0 saturated heterocycles. The van der Waals surface area contributed by atoms with Gasteiger partial charge >= 0.3 is 5.97 Å². The average Bonchev–Trinajstić information content (AvgIpc) is 2.90. The summed E-state index contributed by atoms with van der Waals surface area (Å²) in [6, 6.07) is 5.95. The Bertz CT molecular complexity index is 652. The van der Waals surface area contributed by atoms with Gasteiger partial charge in [0.2, 0.25) is 0 Å². The minimum absolute atomic E-state index is 0.0477. The third-order valence-electron chi connectivity index (χ3n) is 7.19. The molecule has 24 heavy (non-hydrogen) atoms. The molecule has 0 heterocycles. The van der Waals surface area contributed by atoms with Crippen LogP contribution >= 0.6 is 0 Å². The third kappa shape index (κ3) is 2.35. The van der Waals surface area contributed by atoms with E-state index in [0.29, 0.717) is 29.9 Å². The van der Waals surface area contributed by atoms with Crippen molar-refractivity contribution in [3.8, 4) is 5.75 Å². The number of ether oxygens (including phenoxy) is 1. The topological polar surface area (TPSA) is 46.5 Å². The van der Waals surface area contributed by atoms with Crippen LogP contribution in [-0.4, -0.2) is 17.2 Å². The Morgan fingerprint density at radius 2 is 2.12 bits per heavy atom. The standard InChI is InChI=1S/C21H28O3/c1-3-20(23)24-19-9-8-18-17-6-4-13-12-14(22)5-7-15(13)16(17)10-11-21(18,19)2/h5,7,12,16-19,22H,3-4,6,8-11H2,1-2H3/t16?,17?,18?,19?,21-/m0/s1. The highest BCUT2D eigenvalue weighted by molar-refractivity contribution is 5.69. The molecule has 3 aliphatic carbocycles. The van der Waals surface area contributed by atoms with Gasteiger partial charge in [-0.15, -0.1) is 0 Å². The lowest BCUT2D eigenvalue weighted by Gasteiger charge is -2.50. The maximum absolute atomic E-state index is 11.8. The molecule has 1 aromatic rings. The largest absolute Gasteiger partial charge is 0.508 e. The minimum atomic E-state index is -0.0477. The molecule has 3 heteroatoms. The lowest BCUT2D eigenvalue weighted by atomic mass is 9.55. The van der Waals surface area contributed by atoms with Gasteiger partial charge in [-0.3, -0.25) is 4.79 Å². The first-order valence-electron chi connectivity index (χ1n) is 9.54. The number of aromatic hydroxyl groups is 1. The zero-order chi connectivity index (χ0) is 16.9. The molecular formula is C21H28O3. The molecule has 1 aromatic carbocycles. The van der Waals surface area contributed by atoms with E-state index in [0.717, 1.165) is 19.3 Å². The number of fused-ring (bicyclic) bond motifs is 5. The Hall–Kier alpha value is -1.51. The number of hydrogen-bond donors (Lipinski definition) is 1. The Morgan fingerprint density at radius 3 is 2.92 bits per heavy atom. The fraction of sp³-hybridized carbons (Fsp3) is 0.667. The van der Waals surface area contributed by atoms with Gasteiger partial charge in [-0.2, -0.15) is 0 Å². The first kappa shape index (κ1) is 16.0. The maximum Gasteiger partial charge on any atom is 0.305 e. The van der Waals surface area contributed by atoms with Gasteiger partial charge in [-0.1, -0.05) is 19.9 Å². The van der Waals surface area contributed by atoms with Crippen LogP contribution in [0.1, 0.15) is 69.4 Å². The van der Waals surface area contributed by atoms with Crippen molar-refractivity contribution in [2.24, 2.45) is 17.3 Å². The van der Waals surface area contributed by atoms with Crippen LogP contribution in [0.3, 0.4) is 0 Å². The normalized spacial score (nSPS) is 37.2. The Kier molecular flexibility index (Phi) is 3.85. The fourth-order valence-electron chi connectivity index (χ4n) is 5.96. The van der Waals surface area contributed by atoms with Crippen LogP contribution in [0.2, 0.25) is 0 Å². The fourth-order valence-corrected chi connectivity index (χ4v) is 5.96. The van der Waals surface area contributed by atoms with E-state index in [9.17, 15) is 9.90 Å². The van der Waals surface area contributed by atoms with Gasteiger partial charge in [-0.25, -0.2) is 0 Å². The molecule has 5 atom stereocenters. The number of hydrogen-bond acceptors (Lipinski definition) is 3. The Morgan fingerprint density at radius 1 is 1.29 bits per heavy atom. The summed E-state index contributed by atoms with van der Waals surface area (Å²) in [5.41, 5.74) is 2.95.